The zero-order valence-corrected chi connectivity index (χ0v) is 17.6. The summed E-state index contributed by atoms with van der Waals surface area (Å²) in [6.07, 6.45) is 7.89. The van der Waals surface area contributed by atoms with Crippen LogP contribution in [0.25, 0.3) is 0 Å². The van der Waals surface area contributed by atoms with E-state index in [0.717, 1.165) is 5.56 Å². The molecule has 4 aromatic rings. The highest BCUT2D eigenvalue weighted by Gasteiger charge is 2.23. The van der Waals surface area contributed by atoms with Crippen molar-refractivity contribution in [3.05, 3.63) is 94.5 Å². The van der Waals surface area contributed by atoms with E-state index in [1.807, 2.05) is 12.1 Å². The van der Waals surface area contributed by atoms with Gasteiger partial charge >= 0.3 is 0 Å². The number of nitrogens with zero attached hydrogens (tertiary/aromatic N) is 3. The standard InChI is InChI=1S/C22H17ClFN5O3/c1-32-18-3-2-16(23)19(20(18)24)21(30)14-8-17(26-9-14)22(31)28-15-10-27-29(12-15)11-13-4-6-25-7-5-13/h2-10,12,26H,11H2,1H3,(H,28,31). The van der Waals surface area contributed by atoms with Gasteiger partial charge in [0.25, 0.3) is 5.91 Å². The van der Waals surface area contributed by atoms with Gasteiger partial charge in [0.2, 0.25) is 0 Å². The monoisotopic (exact) mass is 453 g/mol. The molecule has 0 radical (unpaired) electrons. The van der Waals surface area contributed by atoms with Crippen LogP contribution >= 0.6 is 11.6 Å². The number of hydrogen-bond acceptors (Lipinski definition) is 5. The Morgan fingerprint density at radius 2 is 2.03 bits per heavy atom. The molecule has 10 heteroatoms. The minimum Gasteiger partial charge on any atom is -0.494 e. The van der Waals surface area contributed by atoms with Crippen molar-refractivity contribution in [2.45, 2.75) is 6.54 Å². The number of carbonyl (C=O) groups excluding carboxylic acids is 2. The second kappa shape index (κ2) is 9.03. The Labute approximate surface area is 187 Å². The number of nitrogens with one attached hydrogen (secondary N) is 2. The number of amides is 1. The van der Waals surface area contributed by atoms with Gasteiger partial charge in [-0.2, -0.15) is 5.10 Å². The lowest BCUT2D eigenvalue weighted by molar-refractivity contribution is 0.102. The summed E-state index contributed by atoms with van der Waals surface area (Å²) in [5.41, 5.74) is 1.37. The lowest BCUT2D eigenvalue weighted by atomic mass is 10.0. The van der Waals surface area contributed by atoms with Crippen molar-refractivity contribution < 1.29 is 18.7 Å². The maximum atomic E-state index is 14.5. The number of aromatic amines is 1. The first-order chi connectivity index (χ1) is 15.5. The molecule has 1 amide bonds. The number of aromatic nitrogens is 4. The zero-order valence-electron chi connectivity index (χ0n) is 16.8. The van der Waals surface area contributed by atoms with E-state index in [-0.39, 0.29) is 27.6 Å². The molecule has 32 heavy (non-hydrogen) atoms. The van der Waals surface area contributed by atoms with E-state index in [1.165, 1.54) is 37.7 Å². The fourth-order valence-electron chi connectivity index (χ4n) is 3.09. The molecule has 0 aliphatic rings. The minimum absolute atomic E-state index is 0.0536. The Balaban J connectivity index is 1.47. The minimum atomic E-state index is -0.862. The average molecular weight is 454 g/mol. The molecule has 2 N–H and O–H groups in total. The molecule has 0 spiro atoms. The van der Waals surface area contributed by atoms with Crippen LogP contribution in [-0.2, 0) is 6.54 Å². The number of ether oxygens (including phenoxy) is 1. The molecule has 0 atom stereocenters. The average Bonchev–Trinajstić information content (AvgIpc) is 3.44. The number of hydrogen-bond donors (Lipinski definition) is 2. The molecule has 162 valence electrons. The van der Waals surface area contributed by atoms with Gasteiger partial charge in [-0.1, -0.05) is 11.6 Å². The maximum absolute atomic E-state index is 14.5. The highest BCUT2D eigenvalue weighted by molar-refractivity contribution is 6.35. The van der Waals surface area contributed by atoms with E-state index >= 15 is 0 Å². The number of anilines is 1. The maximum Gasteiger partial charge on any atom is 0.272 e. The van der Waals surface area contributed by atoms with Gasteiger partial charge in [0.05, 0.1) is 36.1 Å². The Morgan fingerprint density at radius 3 is 2.78 bits per heavy atom. The van der Waals surface area contributed by atoms with Gasteiger partial charge in [0.15, 0.2) is 17.3 Å². The number of benzene rings is 1. The van der Waals surface area contributed by atoms with Gasteiger partial charge in [0, 0.05) is 30.4 Å². The van der Waals surface area contributed by atoms with E-state index in [4.69, 9.17) is 16.3 Å². The third-order valence-electron chi connectivity index (χ3n) is 4.68. The summed E-state index contributed by atoms with van der Waals surface area (Å²) in [6.45, 7) is 0.520. The van der Waals surface area contributed by atoms with E-state index in [0.29, 0.717) is 12.2 Å². The van der Waals surface area contributed by atoms with Crippen LogP contribution < -0.4 is 10.1 Å². The lowest BCUT2D eigenvalue weighted by Gasteiger charge is -2.07. The lowest BCUT2D eigenvalue weighted by Crippen LogP contribution is -2.12. The largest absolute Gasteiger partial charge is 0.494 e. The third kappa shape index (κ3) is 4.37. The molecule has 8 nitrogen and oxygen atoms in total. The SMILES string of the molecule is COc1ccc(Cl)c(C(=O)c2c[nH]c(C(=O)Nc3cnn(Cc4ccncc4)c3)c2)c1F. The van der Waals surface area contributed by atoms with Crippen LogP contribution in [-0.4, -0.2) is 38.5 Å². The first-order valence-electron chi connectivity index (χ1n) is 9.44. The van der Waals surface area contributed by atoms with Crippen molar-refractivity contribution in [2.24, 2.45) is 0 Å². The van der Waals surface area contributed by atoms with Crippen LogP contribution in [0.5, 0.6) is 5.75 Å². The van der Waals surface area contributed by atoms with Crippen LogP contribution in [0.3, 0.4) is 0 Å². The smallest absolute Gasteiger partial charge is 0.272 e. The summed E-state index contributed by atoms with van der Waals surface area (Å²) < 4.78 is 21.1. The van der Waals surface area contributed by atoms with E-state index in [2.05, 4.69) is 20.4 Å². The van der Waals surface area contributed by atoms with Crippen LogP contribution in [0.15, 0.2) is 61.3 Å². The summed E-state index contributed by atoms with van der Waals surface area (Å²) in [7, 11) is 1.29. The van der Waals surface area contributed by atoms with E-state index in [1.54, 1.807) is 23.3 Å². The molecule has 0 saturated heterocycles. The van der Waals surface area contributed by atoms with Crippen molar-refractivity contribution >= 4 is 29.0 Å². The quantitative estimate of drug-likeness (QED) is 0.413. The number of halogens is 2. The highest BCUT2D eigenvalue weighted by atomic mass is 35.5. The summed E-state index contributed by atoms with van der Waals surface area (Å²) in [6, 6.07) is 7.78. The molecule has 0 unspecified atom stereocenters. The number of pyridine rings is 1. The van der Waals surface area contributed by atoms with Gasteiger partial charge in [-0.15, -0.1) is 0 Å². The zero-order chi connectivity index (χ0) is 22.7. The van der Waals surface area contributed by atoms with Gasteiger partial charge in [-0.25, -0.2) is 4.39 Å². The Morgan fingerprint density at radius 1 is 1.25 bits per heavy atom. The number of carbonyl (C=O) groups is 2. The van der Waals surface area contributed by atoms with Crippen molar-refractivity contribution in [2.75, 3.05) is 12.4 Å². The predicted molar refractivity (Wildman–Crippen MR) is 116 cm³/mol. The number of rotatable bonds is 7. The molecule has 0 bridgehead atoms. The summed E-state index contributed by atoms with van der Waals surface area (Å²) in [4.78, 5) is 32.0. The van der Waals surface area contributed by atoms with Crippen LogP contribution in [0.2, 0.25) is 5.02 Å². The number of methoxy groups -OCH3 is 1. The topological polar surface area (TPSA) is 102 Å². The van der Waals surface area contributed by atoms with E-state index in [9.17, 15) is 14.0 Å². The first kappa shape index (κ1) is 21.3. The first-order valence-corrected chi connectivity index (χ1v) is 9.82. The second-order valence-corrected chi connectivity index (χ2v) is 7.21. The van der Waals surface area contributed by atoms with Crippen molar-refractivity contribution in [3.63, 3.8) is 0 Å². The van der Waals surface area contributed by atoms with Gasteiger partial charge in [-0.3, -0.25) is 19.3 Å². The summed E-state index contributed by atoms with van der Waals surface area (Å²) in [5, 5.41) is 6.86. The fourth-order valence-corrected chi connectivity index (χ4v) is 3.32. The highest BCUT2D eigenvalue weighted by Crippen LogP contribution is 2.29. The predicted octanol–water partition coefficient (Wildman–Crippen LogP) is 3.94. The molecule has 1 aromatic carbocycles. The van der Waals surface area contributed by atoms with Crippen LogP contribution in [0.1, 0.15) is 32.0 Å². The normalized spacial score (nSPS) is 10.7. The van der Waals surface area contributed by atoms with Crippen LogP contribution in [0.4, 0.5) is 10.1 Å². The summed E-state index contributed by atoms with van der Waals surface area (Å²) in [5.74, 6) is -2.12. The Bertz CT molecular complexity index is 1290. The molecular formula is C22H17ClFN5O3. The van der Waals surface area contributed by atoms with Crippen molar-refractivity contribution in [1.29, 1.82) is 0 Å². The molecule has 0 fully saturated rings. The molecule has 0 aliphatic carbocycles. The van der Waals surface area contributed by atoms with Gasteiger partial charge < -0.3 is 15.0 Å². The second-order valence-electron chi connectivity index (χ2n) is 6.81. The van der Waals surface area contributed by atoms with Crippen LogP contribution in [0, 0.1) is 5.82 Å². The van der Waals surface area contributed by atoms with Gasteiger partial charge in [0.1, 0.15) is 5.69 Å². The van der Waals surface area contributed by atoms with Crippen molar-refractivity contribution in [1.82, 2.24) is 19.7 Å². The number of ketones is 1. The van der Waals surface area contributed by atoms with E-state index < -0.39 is 17.5 Å². The Hall–Kier alpha value is -3.98. The third-order valence-corrected chi connectivity index (χ3v) is 4.99. The fraction of sp³-hybridized carbons (Fsp3) is 0.0909. The molecule has 0 aliphatic heterocycles. The Kier molecular flexibility index (Phi) is 6.00. The molecular weight excluding hydrogens is 437 g/mol. The number of H-pyrrole nitrogens is 1. The molecule has 3 heterocycles. The van der Waals surface area contributed by atoms with Gasteiger partial charge in [-0.05, 0) is 35.9 Å². The molecule has 0 saturated carbocycles. The summed E-state index contributed by atoms with van der Waals surface area (Å²) >= 11 is 6.02. The van der Waals surface area contributed by atoms with Crippen molar-refractivity contribution in [3.8, 4) is 5.75 Å². The molecule has 4 rings (SSSR count). The molecule has 3 aromatic heterocycles.